The van der Waals surface area contributed by atoms with E-state index in [0.717, 1.165) is 41.3 Å². The molecule has 200 valence electrons. The number of ether oxygens (including phenoxy) is 1. The van der Waals surface area contributed by atoms with Gasteiger partial charge in [0.15, 0.2) is 0 Å². The summed E-state index contributed by atoms with van der Waals surface area (Å²) in [6.45, 7) is 6.26. The molecule has 5 rings (SSSR count). The van der Waals surface area contributed by atoms with Crippen molar-refractivity contribution in [1.29, 1.82) is 0 Å². The molecule has 0 saturated carbocycles. The molecule has 0 spiro atoms. The average Bonchev–Trinajstić information content (AvgIpc) is 3.69. The zero-order valence-corrected chi connectivity index (χ0v) is 22.5. The summed E-state index contributed by atoms with van der Waals surface area (Å²) in [7, 11) is 1.66. The second kappa shape index (κ2) is 11.8. The summed E-state index contributed by atoms with van der Waals surface area (Å²) in [6.07, 6.45) is 12.6. The largest absolute Gasteiger partial charge is 0.383 e. The lowest BCUT2D eigenvalue weighted by Crippen LogP contribution is -2.22. The van der Waals surface area contributed by atoms with Crippen LogP contribution in [0.4, 0.5) is 11.4 Å². The molecule has 11 nitrogen and oxygen atoms in total. The number of nitrogens with zero attached hydrogens (tertiary/aromatic N) is 6. The number of likely N-dealkylation sites (tertiary alicyclic amines) is 1. The number of aryl methyl sites for hydroxylation is 1. The maximum Gasteiger partial charge on any atom is 0.260 e. The highest BCUT2D eigenvalue weighted by Gasteiger charge is 2.18. The minimum Gasteiger partial charge on any atom is -0.383 e. The molecule has 12 heteroatoms. The fourth-order valence-corrected chi connectivity index (χ4v) is 5.52. The van der Waals surface area contributed by atoms with Crippen LogP contribution in [-0.2, 0) is 16.1 Å². The van der Waals surface area contributed by atoms with Crippen LogP contribution in [0.1, 0.15) is 41.7 Å². The SMILES string of the molecule is COCCn1cc(-c2cn3ncc(C(=O)Nc4cc(NC(=O)CCCN5CCCC5)cnc4C)c3s2)cn1. The third-order valence-electron chi connectivity index (χ3n) is 6.58. The molecule has 0 unspecified atom stereocenters. The monoisotopic (exact) mass is 536 g/mol. The Morgan fingerprint density at radius 3 is 2.74 bits per heavy atom. The Morgan fingerprint density at radius 2 is 1.92 bits per heavy atom. The Balaban J connectivity index is 1.23. The summed E-state index contributed by atoms with van der Waals surface area (Å²) in [5.41, 5.74) is 3.17. The average molecular weight is 537 g/mol. The second-order valence-electron chi connectivity index (χ2n) is 9.40. The van der Waals surface area contributed by atoms with Crippen molar-refractivity contribution in [2.75, 3.05) is 44.0 Å². The Hall–Kier alpha value is -3.61. The van der Waals surface area contributed by atoms with Crippen molar-refractivity contribution in [1.82, 2.24) is 29.3 Å². The molecule has 1 aliphatic rings. The first-order chi connectivity index (χ1) is 18.5. The molecular formula is C26H32N8O3S. The number of aromatic nitrogens is 5. The van der Waals surface area contributed by atoms with E-state index < -0.39 is 0 Å². The standard InChI is InChI=1S/C26H32N8O3S/c1-18-22(12-20(14-27-18)30-24(35)6-5-9-32-7-3-4-8-32)31-25(36)21-15-29-34-17-23(38-26(21)34)19-13-28-33(16-19)10-11-37-2/h12-17H,3-11H2,1-2H3,(H,30,35)(H,31,36). The van der Waals surface area contributed by atoms with E-state index >= 15 is 0 Å². The number of fused-ring (bicyclic) bond motifs is 1. The first-order valence-electron chi connectivity index (χ1n) is 12.8. The van der Waals surface area contributed by atoms with Crippen molar-refractivity contribution in [3.63, 3.8) is 0 Å². The number of pyridine rings is 1. The van der Waals surface area contributed by atoms with Gasteiger partial charge < -0.3 is 20.3 Å². The smallest absolute Gasteiger partial charge is 0.260 e. The Bertz CT molecular complexity index is 1420. The summed E-state index contributed by atoms with van der Waals surface area (Å²) >= 11 is 1.47. The van der Waals surface area contributed by atoms with Crippen molar-refractivity contribution in [2.45, 2.75) is 39.2 Å². The van der Waals surface area contributed by atoms with Gasteiger partial charge in [0, 0.05) is 31.5 Å². The minimum absolute atomic E-state index is 0.0536. The first kappa shape index (κ1) is 26.0. The quantitative estimate of drug-likeness (QED) is 0.300. The van der Waals surface area contributed by atoms with E-state index in [-0.39, 0.29) is 11.8 Å². The molecule has 4 aromatic rings. The van der Waals surface area contributed by atoms with Gasteiger partial charge in [0.2, 0.25) is 5.91 Å². The third-order valence-corrected chi connectivity index (χ3v) is 7.74. The topological polar surface area (TPSA) is 119 Å². The molecule has 38 heavy (non-hydrogen) atoms. The zero-order chi connectivity index (χ0) is 26.5. The van der Waals surface area contributed by atoms with E-state index in [9.17, 15) is 9.59 Å². The van der Waals surface area contributed by atoms with Crippen LogP contribution in [0.2, 0.25) is 0 Å². The lowest BCUT2D eigenvalue weighted by atomic mass is 10.2. The van der Waals surface area contributed by atoms with Crippen molar-refractivity contribution in [3.8, 4) is 10.4 Å². The van der Waals surface area contributed by atoms with Crippen molar-refractivity contribution >= 4 is 39.4 Å². The fraction of sp³-hybridized carbons (Fsp3) is 0.423. The maximum atomic E-state index is 13.2. The number of thiazole rings is 1. The molecule has 2 N–H and O–H groups in total. The lowest BCUT2D eigenvalue weighted by Gasteiger charge is -2.14. The van der Waals surface area contributed by atoms with E-state index in [4.69, 9.17) is 4.74 Å². The molecule has 0 bridgehead atoms. The van der Waals surface area contributed by atoms with Crippen LogP contribution in [0, 0.1) is 6.92 Å². The Labute approximate surface area is 224 Å². The zero-order valence-electron chi connectivity index (χ0n) is 21.6. The van der Waals surface area contributed by atoms with Crippen LogP contribution in [0.3, 0.4) is 0 Å². The maximum absolute atomic E-state index is 13.2. The normalized spacial score (nSPS) is 13.8. The van der Waals surface area contributed by atoms with Crippen molar-refractivity contribution in [2.24, 2.45) is 0 Å². The van der Waals surface area contributed by atoms with Gasteiger partial charge in [-0.2, -0.15) is 10.2 Å². The summed E-state index contributed by atoms with van der Waals surface area (Å²) in [6, 6.07) is 1.74. The van der Waals surface area contributed by atoms with E-state index in [0.29, 0.717) is 42.2 Å². The van der Waals surface area contributed by atoms with Crippen molar-refractivity contribution in [3.05, 3.63) is 48.3 Å². The van der Waals surface area contributed by atoms with Crippen LogP contribution in [-0.4, -0.2) is 74.4 Å². The van der Waals surface area contributed by atoms with Crippen LogP contribution < -0.4 is 10.6 Å². The molecule has 1 fully saturated rings. The van der Waals surface area contributed by atoms with Gasteiger partial charge in [-0.1, -0.05) is 0 Å². The highest BCUT2D eigenvalue weighted by molar-refractivity contribution is 7.21. The van der Waals surface area contributed by atoms with Gasteiger partial charge in [0.05, 0.1) is 59.3 Å². The molecule has 2 amide bonds. The number of carbonyl (C=O) groups excluding carboxylic acids is 2. The second-order valence-corrected chi connectivity index (χ2v) is 10.4. The third kappa shape index (κ3) is 6.09. The fourth-order valence-electron chi connectivity index (χ4n) is 4.48. The molecule has 1 saturated heterocycles. The number of nitrogens with one attached hydrogen (secondary N) is 2. The highest BCUT2D eigenvalue weighted by atomic mass is 32.1. The summed E-state index contributed by atoms with van der Waals surface area (Å²) in [4.78, 5) is 34.1. The molecule has 0 aliphatic carbocycles. The Morgan fingerprint density at radius 1 is 1.08 bits per heavy atom. The number of hydrogen-bond acceptors (Lipinski definition) is 8. The molecule has 5 heterocycles. The first-order valence-corrected chi connectivity index (χ1v) is 13.6. The van der Waals surface area contributed by atoms with Gasteiger partial charge in [-0.25, -0.2) is 4.52 Å². The number of anilines is 2. The van der Waals surface area contributed by atoms with Gasteiger partial charge in [0.1, 0.15) is 4.83 Å². The van der Waals surface area contributed by atoms with Crippen LogP contribution >= 0.6 is 11.3 Å². The number of carbonyl (C=O) groups is 2. The van der Waals surface area contributed by atoms with E-state index in [1.54, 1.807) is 36.3 Å². The van der Waals surface area contributed by atoms with Crippen LogP contribution in [0.15, 0.2) is 37.1 Å². The predicted octanol–water partition coefficient (Wildman–Crippen LogP) is 3.68. The predicted molar refractivity (Wildman–Crippen MR) is 147 cm³/mol. The summed E-state index contributed by atoms with van der Waals surface area (Å²) in [5.74, 6) is -0.342. The molecular weight excluding hydrogens is 504 g/mol. The van der Waals surface area contributed by atoms with Crippen molar-refractivity contribution < 1.29 is 14.3 Å². The molecule has 0 radical (unpaired) electrons. The summed E-state index contributed by atoms with van der Waals surface area (Å²) < 4.78 is 8.63. The number of methoxy groups -OCH3 is 1. The Kier molecular flexibility index (Phi) is 8.11. The van der Waals surface area contributed by atoms with E-state index in [1.807, 2.05) is 24.0 Å². The summed E-state index contributed by atoms with van der Waals surface area (Å²) in [5, 5.41) is 14.6. The minimum atomic E-state index is -0.289. The van der Waals surface area contributed by atoms with Gasteiger partial charge in [-0.15, -0.1) is 11.3 Å². The molecule has 0 atom stereocenters. The van der Waals surface area contributed by atoms with Crippen LogP contribution in [0.5, 0.6) is 0 Å². The van der Waals surface area contributed by atoms with E-state index in [1.165, 1.54) is 24.2 Å². The van der Waals surface area contributed by atoms with Gasteiger partial charge in [-0.05, 0) is 51.9 Å². The van der Waals surface area contributed by atoms with Gasteiger partial charge >= 0.3 is 0 Å². The molecule has 1 aliphatic heterocycles. The molecule has 4 aromatic heterocycles. The van der Waals surface area contributed by atoms with E-state index in [2.05, 4.69) is 30.7 Å². The highest BCUT2D eigenvalue weighted by Crippen LogP contribution is 2.31. The molecule has 0 aromatic carbocycles. The number of hydrogen-bond donors (Lipinski definition) is 2. The van der Waals surface area contributed by atoms with Crippen LogP contribution in [0.25, 0.3) is 15.3 Å². The van der Waals surface area contributed by atoms with Gasteiger partial charge in [0.25, 0.3) is 5.91 Å². The number of amides is 2. The van der Waals surface area contributed by atoms with Gasteiger partial charge in [-0.3, -0.25) is 19.3 Å². The lowest BCUT2D eigenvalue weighted by molar-refractivity contribution is -0.116. The number of rotatable bonds is 11.